The van der Waals surface area contributed by atoms with Gasteiger partial charge in [0.1, 0.15) is 18.5 Å². The maximum absolute atomic E-state index is 12.4. The van der Waals surface area contributed by atoms with Gasteiger partial charge in [0.2, 0.25) is 0 Å². The van der Waals surface area contributed by atoms with E-state index in [4.69, 9.17) is 29.4 Å². The van der Waals surface area contributed by atoms with Crippen LogP contribution in [0.4, 0.5) is 5.82 Å². The van der Waals surface area contributed by atoms with Crippen LogP contribution < -0.4 is 11.4 Å². The molecule has 2 N–H and O–H groups in total. The summed E-state index contributed by atoms with van der Waals surface area (Å²) in [6.45, 7) is 4.04. The smallest absolute Gasteiger partial charge is 0.351 e. The van der Waals surface area contributed by atoms with E-state index >= 15 is 0 Å². The molecule has 31 heavy (non-hydrogen) atoms. The number of anilines is 1. The Labute approximate surface area is 176 Å². The number of nitrogen functional groups attached to an aromatic ring is 1. The predicted molar refractivity (Wildman–Crippen MR) is 100 cm³/mol. The molecule has 1 aromatic heterocycles. The lowest BCUT2D eigenvalue weighted by molar-refractivity contribution is -0.269. The predicted octanol–water partition coefficient (Wildman–Crippen LogP) is -0.919. The van der Waals surface area contributed by atoms with Crippen molar-refractivity contribution in [3.8, 4) is 0 Å². The molecule has 170 valence electrons. The fraction of sp³-hybridized carbons (Fsp3) is 0.556. The Morgan fingerprint density at radius 2 is 1.52 bits per heavy atom. The second-order valence-electron chi connectivity index (χ2n) is 6.63. The van der Waals surface area contributed by atoms with Crippen LogP contribution in [0, 0.1) is 0 Å². The van der Waals surface area contributed by atoms with Crippen molar-refractivity contribution in [2.24, 2.45) is 0 Å². The van der Waals surface area contributed by atoms with Crippen molar-refractivity contribution < 1.29 is 42.9 Å². The molecule has 0 bridgehead atoms. The summed E-state index contributed by atoms with van der Waals surface area (Å²) >= 11 is 0. The number of nitrogens with zero attached hydrogens (tertiary/aromatic N) is 2. The molecule has 1 saturated heterocycles. The maximum Gasteiger partial charge on any atom is 0.351 e. The van der Waals surface area contributed by atoms with Gasteiger partial charge in [0.05, 0.1) is 0 Å². The van der Waals surface area contributed by atoms with Crippen LogP contribution in [0.3, 0.4) is 0 Å². The van der Waals surface area contributed by atoms with E-state index in [0.29, 0.717) is 0 Å². The highest BCUT2D eigenvalue weighted by Crippen LogP contribution is 2.34. The average Bonchev–Trinajstić information content (AvgIpc) is 2.63. The average molecular weight is 441 g/mol. The molecule has 1 aliphatic rings. The Kier molecular flexibility index (Phi) is 7.69. The van der Waals surface area contributed by atoms with Crippen LogP contribution in [-0.4, -0.2) is 64.5 Å². The van der Waals surface area contributed by atoms with Crippen LogP contribution in [0.25, 0.3) is 0 Å². The molecule has 0 spiro atoms. The third kappa shape index (κ3) is 6.25. The van der Waals surface area contributed by atoms with Gasteiger partial charge in [-0.2, -0.15) is 4.98 Å². The molecule has 0 aromatic carbocycles. The first-order chi connectivity index (χ1) is 14.5. The minimum absolute atomic E-state index is 0.0631. The Morgan fingerprint density at radius 3 is 2.03 bits per heavy atom. The maximum atomic E-state index is 12.4. The highest BCUT2D eigenvalue weighted by atomic mass is 16.7. The van der Waals surface area contributed by atoms with Gasteiger partial charge in [0.25, 0.3) is 0 Å². The van der Waals surface area contributed by atoms with Crippen LogP contribution in [0.5, 0.6) is 0 Å². The lowest BCUT2D eigenvalue weighted by atomic mass is 9.97. The zero-order valence-corrected chi connectivity index (χ0v) is 17.3. The number of carbonyl (C=O) groups excluding carboxylic acids is 4. The topological polar surface area (TPSA) is 175 Å². The first-order valence-corrected chi connectivity index (χ1v) is 9.14. The van der Waals surface area contributed by atoms with E-state index in [9.17, 15) is 24.0 Å². The molecule has 0 amide bonds. The number of nitrogens with two attached hydrogens (primary N) is 1. The fourth-order valence-electron chi connectivity index (χ4n) is 3.05. The minimum Gasteiger partial charge on any atom is -0.463 e. The van der Waals surface area contributed by atoms with E-state index in [0.717, 1.165) is 32.3 Å². The number of ether oxygens (including phenoxy) is 5. The van der Waals surface area contributed by atoms with Gasteiger partial charge < -0.3 is 29.4 Å². The van der Waals surface area contributed by atoms with Crippen molar-refractivity contribution in [2.75, 3.05) is 12.3 Å². The molecule has 5 atom stereocenters. The first-order valence-electron chi connectivity index (χ1n) is 9.14. The third-order valence-electron chi connectivity index (χ3n) is 4.09. The number of hydrogen-bond acceptors (Lipinski definition) is 12. The highest BCUT2D eigenvalue weighted by molar-refractivity contribution is 5.68. The largest absolute Gasteiger partial charge is 0.463 e. The van der Waals surface area contributed by atoms with E-state index < -0.39 is 66.8 Å². The van der Waals surface area contributed by atoms with Crippen molar-refractivity contribution in [3.63, 3.8) is 0 Å². The van der Waals surface area contributed by atoms with E-state index in [1.165, 1.54) is 12.3 Å². The summed E-state index contributed by atoms with van der Waals surface area (Å²) in [4.78, 5) is 62.5. The van der Waals surface area contributed by atoms with Gasteiger partial charge >= 0.3 is 29.6 Å². The lowest BCUT2D eigenvalue weighted by Crippen LogP contribution is -2.61. The summed E-state index contributed by atoms with van der Waals surface area (Å²) in [6.07, 6.45) is -5.44. The lowest BCUT2D eigenvalue weighted by Gasteiger charge is -2.44. The molecule has 2 heterocycles. The normalized spacial score (nSPS) is 25.2. The van der Waals surface area contributed by atoms with Crippen molar-refractivity contribution >= 4 is 29.7 Å². The van der Waals surface area contributed by atoms with Crippen molar-refractivity contribution in [3.05, 3.63) is 22.7 Å². The van der Waals surface area contributed by atoms with Crippen LogP contribution in [0.2, 0.25) is 0 Å². The molecule has 1 aromatic rings. The molecule has 0 saturated carbocycles. The summed E-state index contributed by atoms with van der Waals surface area (Å²) in [7, 11) is 0. The number of rotatable bonds is 6. The molecule has 1 fully saturated rings. The summed E-state index contributed by atoms with van der Waals surface area (Å²) in [6, 6.07) is 1.30. The zero-order chi connectivity index (χ0) is 23.3. The zero-order valence-electron chi connectivity index (χ0n) is 17.3. The Hall–Kier alpha value is -3.48. The third-order valence-corrected chi connectivity index (χ3v) is 4.09. The summed E-state index contributed by atoms with van der Waals surface area (Å²) in [5, 5.41) is 0. The number of aromatic nitrogens is 2. The second kappa shape index (κ2) is 10.0. The van der Waals surface area contributed by atoms with Gasteiger partial charge in [-0.15, -0.1) is 0 Å². The van der Waals surface area contributed by atoms with Crippen molar-refractivity contribution in [2.45, 2.75) is 58.3 Å². The molecule has 5 unspecified atom stereocenters. The van der Waals surface area contributed by atoms with Crippen LogP contribution >= 0.6 is 0 Å². The summed E-state index contributed by atoms with van der Waals surface area (Å²) in [5.41, 5.74) is 4.67. The molecule has 0 radical (unpaired) electrons. The van der Waals surface area contributed by atoms with Crippen molar-refractivity contribution in [1.82, 2.24) is 9.55 Å². The van der Waals surface area contributed by atoms with E-state index in [2.05, 4.69) is 4.98 Å². The molecule has 0 aliphatic carbocycles. The van der Waals surface area contributed by atoms with Crippen LogP contribution in [0.15, 0.2) is 17.1 Å². The van der Waals surface area contributed by atoms with E-state index in [1.807, 2.05) is 0 Å². The van der Waals surface area contributed by atoms with Gasteiger partial charge in [-0.25, -0.2) is 4.79 Å². The Balaban J connectivity index is 2.59. The van der Waals surface area contributed by atoms with Crippen LogP contribution in [0.1, 0.15) is 33.9 Å². The number of esters is 4. The SMILES string of the molecule is CC(=O)OCC1OC(n2ccc(N)nc2=O)C(OC(C)=O)C(OC(C)=O)C1OC(C)=O. The quantitative estimate of drug-likeness (QED) is 0.425. The second-order valence-corrected chi connectivity index (χ2v) is 6.63. The molecule has 1 aliphatic heterocycles. The highest BCUT2D eigenvalue weighted by Gasteiger charge is 2.53. The molecule has 13 nitrogen and oxygen atoms in total. The first kappa shape index (κ1) is 23.8. The van der Waals surface area contributed by atoms with Crippen LogP contribution in [-0.2, 0) is 42.9 Å². The van der Waals surface area contributed by atoms with Gasteiger partial charge in [0, 0.05) is 33.9 Å². The molecule has 2 rings (SSSR count). The standard InChI is InChI=1S/C18H23N3O10/c1-8(22)27-7-12-14(28-9(2)23)15(29-10(3)24)16(30-11(4)25)17(31-12)21-6-5-13(19)20-18(21)26/h5-6,12,14-17H,7H2,1-4H3,(H2,19,20,26). The Bertz CT molecular complexity index is 914. The number of hydrogen-bond donors (Lipinski definition) is 1. The molecular formula is C18H23N3O10. The summed E-state index contributed by atoms with van der Waals surface area (Å²) in [5.74, 6) is -3.04. The molecule has 13 heteroatoms. The van der Waals surface area contributed by atoms with E-state index in [1.54, 1.807) is 0 Å². The van der Waals surface area contributed by atoms with E-state index in [-0.39, 0.29) is 5.82 Å². The van der Waals surface area contributed by atoms with Gasteiger partial charge in [0.15, 0.2) is 24.5 Å². The van der Waals surface area contributed by atoms with Crippen molar-refractivity contribution in [1.29, 1.82) is 0 Å². The van der Waals surface area contributed by atoms with Gasteiger partial charge in [-0.05, 0) is 6.07 Å². The molecular weight excluding hydrogens is 418 g/mol. The number of carbonyl (C=O) groups is 4. The Morgan fingerprint density at radius 1 is 0.968 bits per heavy atom. The summed E-state index contributed by atoms with van der Waals surface area (Å²) < 4.78 is 27.6. The van der Waals surface area contributed by atoms with Gasteiger partial charge in [-0.1, -0.05) is 0 Å². The monoisotopic (exact) mass is 441 g/mol. The fourth-order valence-corrected chi connectivity index (χ4v) is 3.05. The van der Waals surface area contributed by atoms with Gasteiger partial charge in [-0.3, -0.25) is 23.7 Å². The minimum atomic E-state index is -1.41.